The molecule has 1 atom stereocenters. The van der Waals surface area contributed by atoms with Crippen molar-refractivity contribution in [3.63, 3.8) is 0 Å². The van der Waals surface area contributed by atoms with E-state index in [9.17, 15) is 13.2 Å². The zero-order valence-corrected chi connectivity index (χ0v) is 9.20. The molecule has 0 saturated carbocycles. The molecular formula is C12H14F3NO. The number of nitrogens with two attached hydrogens (primary N) is 1. The van der Waals surface area contributed by atoms with Crippen molar-refractivity contribution in [1.29, 1.82) is 0 Å². The van der Waals surface area contributed by atoms with Gasteiger partial charge in [0, 0.05) is 6.04 Å². The van der Waals surface area contributed by atoms with Crippen LogP contribution < -0.4 is 10.5 Å². The Morgan fingerprint density at radius 2 is 1.88 bits per heavy atom. The van der Waals surface area contributed by atoms with E-state index < -0.39 is 6.36 Å². The van der Waals surface area contributed by atoms with Crippen LogP contribution in [-0.4, -0.2) is 6.36 Å². The van der Waals surface area contributed by atoms with Crippen LogP contribution in [0, 0.1) is 0 Å². The molecule has 0 aliphatic carbocycles. The molecule has 0 unspecified atom stereocenters. The Balaban J connectivity index is 2.64. The number of rotatable bonds is 5. The standard InChI is InChI=1S/C12H14F3NO/c1-2-3-4-11(16)9-5-7-10(8-6-9)17-12(13,14)15/h2,5-8,11H,1,3-4,16H2/t11-/m0/s1. The van der Waals surface area contributed by atoms with Crippen molar-refractivity contribution in [1.82, 2.24) is 0 Å². The summed E-state index contributed by atoms with van der Waals surface area (Å²) in [5, 5.41) is 0. The molecule has 94 valence electrons. The summed E-state index contributed by atoms with van der Waals surface area (Å²) >= 11 is 0. The molecule has 1 aromatic carbocycles. The number of allylic oxidation sites excluding steroid dienone is 1. The van der Waals surface area contributed by atoms with Crippen LogP contribution in [-0.2, 0) is 0 Å². The van der Waals surface area contributed by atoms with Crippen molar-refractivity contribution in [2.24, 2.45) is 5.73 Å². The Labute approximate surface area is 97.9 Å². The smallest absolute Gasteiger partial charge is 0.406 e. The third kappa shape index (κ3) is 4.91. The third-order valence-electron chi connectivity index (χ3n) is 2.22. The Morgan fingerprint density at radius 1 is 1.29 bits per heavy atom. The fraction of sp³-hybridized carbons (Fsp3) is 0.333. The fourth-order valence-electron chi connectivity index (χ4n) is 1.38. The van der Waals surface area contributed by atoms with Crippen molar-refractivity contribution in [3.8, 4) is 5.75 Å². The molecule has 0 aromatic heterocycles. The maximum absolute atomic E-state index is 11.9. The second kappa shape index (κ2) is 5.72. The average molecular weight is 245 g/mol. The van der Waals surface area contributed by atoms with Crippen molar-refractivity contribution >= 4 is 0 Å². The second-order valence-corrected chi connectivity index (χ2v) is 3.59. The number of ether oxygens (including phenoxy) is 1. The largest absolute Gasteiger partial charge is 0.573 e. The minimum atomic E-state index is -4.66. The highest BCUT2D eigenvalue weighted by Gasteiger charge is 2.30. The Hall–Kier alpha value is -1.49. The first kappa shape index (κ1) is 13.6. The minimum absolute atomic E-state index is 0.201. The van der Waals surface area contributed by atoms with Crippen LogP contribution in [0.1, 0.15) is 24.4 Å². The van der Waals surface area contributed by atoms with Crippen molar-refractivity contribution < 1.29 is 17.9 Å². The molecule has 5 heteroatoms. The molecule has 0 heterocycles. The van der Waals surface area contributed by atoms with Gasteiger partial charge >= 0.3 is 6.36 Å². The summed E-state index contributed by atoms with van der Waals surface area (Å²) in [6.07, 6.45) is -1.43. The van der Waals surface area contributed by atoms with Crippen LogP contribution in [0.15, 0.2) is 36.9 Å². The normalized spacial score (nSPS) is 13.2. The van der Waals surface area contributed by atoms with Gasteiger partial charge in [0.2, 0.25) is 0 Å². The first-order chi connectivity index (χ1) is 7.92. The molecule has 0 spiro atoms. The number of halogens is 3. The maximum Gasteiger partial charge on any atom is 0.573 e. The summed E-state index contributed by atoms with van der Waals surface area (Å²) in [5.41, 5.74) is 6.63. The van der Waals surface area contributed by atoms with Gasteiger partial charge in [-0.2, -0.15) is 0 Å². The molecule has 1 aromatic rings. The Morgan fingerprint density at radius 3 is 2.35 bits per heavy atom. The zero-order valence-electron chi connectivity index (χ0n) is 9.20. The van der Waals surface area contributed by atoms with Crippen molar-refractivity contribution in [2.45, 2.75) is 25.2 Å². The number of benzene rings is 1. The quantitative estimate of drug-likeness (QED) is 0.805. The fourth-order valence-corrected chi connectivity index (χ4v) is 1.38. The molecule has 0 amide bonds. The molecule has 17 heavy (non-hydrogen) atoms. The lowest BCUT2D eigenvalue weighted by atomic mass is 10.0. The number of hydrogen-bond acceptors (Lipinski definition) is 2. The number of alkyl halides is 3. The predicted octanol–water partition coefficient (Wildman–Crippen LogP) is 3.55. The number of hydrogen-bond donors (Lipinski definition) is 1. The van der Waals surface area contributed by atoms with Gasteiger partial charge in [-0.25, -0.2) is 0 Å². The van der Waals surface area contributed by atoms with Crippen LogP contribution in [0.3, 0.4) is 0 Å². The predicted molar refractivity (Wildman–Crippen MR) is 59.5 cm³/mol. The van der Waals surface area contributed by atoms with Crippen LogP contribution in [0.25, 0.3) is 0 Å². The van der Waals surface area contributed by atoms with Gasteiger partial charge in [0.1, 0.15) is 5.75 Å². The van der Waals surface area contributed by atoms with E-state index in [0.29, 0.717) is 6.42 Å². The van der Waals surface area contributed by atoms with Gasteiger partial charge < -0.3 is 10.5 Å². The van der Waals surface area contributed by atoms with E-state index in [2.05, 4.69) is 11.3 Å². The van der Waals surface area contributed by atoms with Gasteiger partial charge in [-0.05, 0) is 30.5 Å². The molecule has 0 bridgehead atoms. The first-order valence-corrected chi connectivity index (χ1v) is 5.14. The summed E-state index contributed by atoms with van der Waals surface area (Å²) < 4.78 is 39.5. The van der Waals surface area contributed by atoms with Gasteiger partial charge in [-0.15, -0.1) is 19.8 Å². The summed E-state index contributed by atoms with van der Waals surface area (Å²) in [4.78, 5) is 0. The molecule has 0 fully saturated rings. The summed E-state index contributed by atoms with van der Waals surface area (Å²) in [5.74, 6) is -0.239. The molecular weight excluding hydrogens is 231 g/mol. The van der Waals surface area contributed by atoms with E-state index in [4.69, 9.17) is 5.73 Å². The van der Waals surface area contributed by atoms with Crippen molar-refractivity contribution in [3.05, 3.63) is 42.5 Å². The van der Waals surface area contributed by atoms with Crippen LogP contribution >= 0.6 is 0 Å². The van der Waals surface area contributed by atoms with Gasteiger partial charge in [0.05, 0.1) is 0 Å². The zero-order chi connectivity index (χ0) is 12.9. The molecule has 0 aliphatic rings. The van der Waals surface area contributed by atoms with Crippen LogP contribution in [0.2, 0.25) is 0 Å². The molecule has 0 radical (unpaired) electrons. The highest BCUT2D eigenvalue weighted by Crippen LogP contribution is 2.24. The highest BCUT2D eigenvalue weighted by atomic mass is 19.4. The molecule has 0 aliphatic heterocycles. The molecule has 0 saturated heterocycles. The molecule has 2 N–H and O–H groups in total. The second-order valence-electron chi connectivity index (χ2n) is 3.59. The Bertz CT molecular complexity index is 359. The minimum Gasteiger partial charge on any atom is -0.406 e. The monoisotopic (exact) mass is 245 g/mol. The van der Waals surface area contributed by atoms with Gasteiger partial charge in [0.25, 0.3) is 0 Å². The van der Waals surface area contributed by atoms with E-state index >= 15 is 0 Å². The Kier molecular flexibility index (Phi) is 4.57. The topological polar surface area (TPSA) is 35.2 Å². The van der Waals surface area contributed by atoms with E-state index in [0.717, 1.165) is 12.0 Å². The van der Waals surface area contributed by atoms with E-state index in [1.807, 2.05) is 0 Å². The molecule has 1 rings (SSSR count). The summed E-state index contributed by atoms with van der Waals surface area (Å²) in [6, 6.07) is 5.39. The highest BCUT2D eigenvalue weighted by molar-refractivity contribution is 5.29. The lowest BCUT2D eigenvalue weighted by Gasteiger charge is -2.12. The van der Waals surface area contributed by atoms with Gasteiger partial charge in [-0.1, -0.05) is 18.2 Å². The average Bonchev–Trinajstić information content (AvgIpc) is 2.24. The molecule has 2 nitrogen and oxygen atoms in total. The summed E-state index contributed by atoms with van der Waals surface area (Å²) in [7, 11) is 0. The van der Waals surface area contributed by atoms with Gasteiger partial charge in [0.15, 0.2) is 0 Å². The lowest BCUT2D eigenvalue weighted by molar-refractivity contribution is -0.274. The lowest BCUT2D eigenvalue weighted by Crippen LogP contribution is -2.17. The van der Waals surface area contributed by atoms with E-state index in [-0.39, 0.29) is 11.8 Å². The summed E-state index contributed by atoms with van der Waals surface area (Å²) in [6.45, 7) is 3.58. The van der Waals surface area contributed by atoms with Gasteiger partial charge in [-0.3, -0.25) is 0 Å². The van der Waals surface area contributed by atoms with E-state index in [1.54, 1.807) is 6.08 Å². The first-order valence-electron chi connectivity index (χ1n) is 5.14. The maximum atomic E-state index is 11.9. The van der Waals surface area contributed by atoms with Crippen molar-refractivity contribution in [2.75, 3.05) is 0 Å². The van der Waals surface area contributed by atoms with Crippen LogP contribution in [0.4, 0.5) is 13.2 Å². The van der Waals surface area contributed by atoms with E-state index in [1.165, 1.54) is 24.3 Å². The third-order valence-corrected chi connectivity index (χ3v) is 2.22. The SMILES string of the molecule is C=CCC[C@H](N)c1ccc(OC(F)(F)F)cc1. The van der Waals surface area contributed by atoms with Crippen LogP contribution in [0.5, 0.6) is 5.75 Å².